The summed E-state index contributed by atoms with van der Waals surface area (Å²) in [6, 6.07) is 13.6. The van der Waals surface area contributed by atoms with E-state index in [4.69, 9.17) is 9.84 Å². The second kappa shape index (κ2) is 10.9. The van der Waals surface area contributed by atoms with E-state index in [1.807, 2.05) is 48.5 Å². The maximum absolute atomic E-state index is 12.6. The fourth-order valence-electron chi connectivity index (χ4n) is 4.00. The molecule has 2 aromatic rings. The highest BCUT2D eigenvalue weighted by Crippen LogP contribution is 2.44. The Morgan fingerprint density at radius 2 is 1.55 bits per heavy atom. The van der Waals surface area contributed by atoms with Crippen LogP contribution in [0.15, 0.2) is 48.5 Å². The Morgan fingerprint density at radius 3 is 2.06 bits per heavy atom. The third-order valence-corrected chi connectivity index (χ3v) is 5.53. The van der Waals surface area contributed by atoms with Crippen LogP contribution in [0.1, 0.15) is 23.5 Å². The standard InChI is InChI=1S/C24H29N3O6/c1-27(2)13-21(22(29)25-20(11-12-28)23(30)31)26-24(32)33-14-19-17-9-5-3-7-15(17)16-8-4-6-10-18(16)19/h3-10,19-21,28H,11-14H2,1-2H3,(H,25,29)(H,26,32)(H,30,31)/t20-,21?/m1/s1. The maximum atomic E-state index is 12.6. The third kappa shape index (κ3) is 5.88. The lowest BCUT2D eigenvalue weighted by atomic mass is 9.98. The molecule has 0 aliphatic heterocycles. The highest BCUT2D eigenvalue weighted by Gasteiger charge is 2.30. The van der Waals surface area contributed by atoms with E-state index in [0.29, 0.717) is 0 Å². The van der Waals surface area contributed by atoms with Gasteiger partial charge in [-0.3, -0.25) is 4.79 Å². The number of carboxylic acid groups (broad SMARTS) is 1. The third-order valence-electron chi connectivity index (χ3n) is 5.53. The summed E-state index contributed by atoms with van der Waals surface area (Å²) in [7, 11) is 3.45. The highest BCUT2D eigenvalue weighted by atomic mass is 16.5. The quantitative estimate of drug-likeness (QED) is 0.426. The molecule has 2 atom stereocenters. The molecule has 0 aromatic heterocycles. The molecular weight excluding hydrogens is 426 g/mol. The van der Waals surface area contributed by atoms with Gasteiger partial charge in [0.2, 0.25) is 5.91 Å². The van der Waals surface area contributed by atoms with Gasteiger partial charge < -0.3 is 30.5 Å². The fraction of sp³-hybridized carbons (Fsp3) is 0.375. The Morgan fingerprint density at radius 1 is 0.970 bits per heavy atom. The SMILES string of the molecule is CN(C)CC(NC(=O)OCC1c2ccccc2-c2ccccc21)C(=O)N[C@H](CCO)C(=O)O. The van der Waals surface area contributed by atoms with Crippen LogP contribution in [0, 0.1) is 0 Å². The number of hydrogen-bond acceptors (Lipinski definition) is 6. The first kappa shape index (κ1) is 24.2. The molecule has 9 heteroatoms. The zero-order valence-corrected chi connectivity index (χ0v) is 18.7. The number of rotatable bonds is 10. The van der Waals surface area contributed by atoms with Crippen molar-refractivity contribution >= 4 is 18.0 Å². The van der Waals surface area contributed by atoms with Crippen LogP contribution in [-0.2, 0) is 14.3 Å². The number of ether oxygens (including phenoxy) is 1. The lowest BCUT2D eigenvalue weighted by Gasteiger charge is -2.24. The first-order valence-electron chi connectivity index (χ1n) is 10.7. The van der Waals surface area contributed by atoms with Crippen molar-refractivity contribution in [3.8, 4) is 11.1 Å². The van der Waals surface area contributed by atoms with Crippen molar-refractivity contribution in [3.63, 3.8) is 0 Å². The summed E-state index contributed by atoms with van der Waals surface area (Å²) in [6.07, 6.45) is -0.909. The zero-order chi connectivity index (χ0) is 24.0. The van der Waals surface area contributed by atoms with E-state index >= 15 is 0 Å². The number of alkyl carbamates (subject to hydrolysis) is 1. The van der Waals surface area contributed by atoms with Gasteiger partial charge in [-0.2, -0.15) is 0 Å². The number of carbonyl (C=O) groups is 3. The molecule has 1 aliphatic rings. The van der Waals surface area contributed by atoms with Crippen LogP contribution in [-0.4, -0.2) is 79.0 Å². The van der Waals surface area contributed by atoms with Crippen molar-refractivity contribution in [2.75, 3.05) is 33.9 Å². The van der Waals surface area contributed by atoms with Crippen LogP contribution in [0.4, 0.5) is 4.79 Å². The zero-order valence-electron chi connectivity index (χ0n) is 18.7. The minimum absolute atomic E-state index is 0.0957. The van der Waals surface area contributed by atoms with Gasteiger partial charge in [-0.25, -0.2) is 9.59 Å². The smallest absolute Gasteiger partial charge is 0.407 e. The van der Waals surface area contributed by atoms with Crippen molar-refractivity contribution in [3.05, 3.63) is 59.7 Å². The molecule has 0 saturated carbocycles. The Labute approximate surface area is 192 Å². The molecule has 0 saturated heterocycles. The molecule has 33 heavy (non-hydrogen) atoms. The summed E-state index contributed by atoms with van der Waals surface area (Å²) < 4.78 is 5.50. The van der Waals surface area contributed by atoms with Crippen LogP contribution in [0.25, 0.3) is 11.1 Å². The van der Waals surface area contributed by atoms with Crippen molar-refractivity contribution in [1.82, 2.24) is 15.5 Å². The van der Waals surface area contributed by atoms with E-state index in [2.05, 4.69) is 10.6 Å². The van der Waals surface area contributed by atoms with Gasteiger partial charge in [-0.05, 0) is 36.3 Å². The summed E-state index contributed by atoms with van der Waals surface area (Å²) in [5.74, 6) is -2.05. The highest BCUT2D eigenvalue weighted by molar-refractivity contribution is 5.89. The number of benzene rings is 2. The fourth-order valence-corrected chi connectivity index (χ4v) is 4.00. The van der Waals surface area contributed by atoms with Gasteiger partial charge in [0.15, 0.2) is 0 Å². The summed E-state index contributed by atoms with van der Waals surface area (Å²) in [5.41, 5.74) is 4.36. The predicted molar refractivity (Wildman–Crippen MR) is 122 cm³/mol. The number of nitrogens with one attached hydrogen (secondary N) is 2. The number of carbonyl (C=O) groups excluding carboxylic acids is 2. The van der Waals surface area contributed by atoms with Crippen molar-refractivity contribution in [2.24, 2.45) is 0 Å². The Kier molecular flexibility index (Phi) is 8.02. The molecule has 9 nitrogen and oxygen atoms in total. The summed E-state index contributed by atoms with van der Waals surface area (Å²) in [5, 5.41) is 23.1. The number of aliphatic hydroxyl groups excluding tert-OH is 1. The summed E-state index contributed by atoms with van der Waals surface area (Å²) in [4.78, 5) is 38.2. The van der Waals surface area contributed by atoms with Crippen LogP contribution < -0.4 is 10.6 Å². The van der Waals surface area contributed by atoms with E-state index < -0.39 is 36.7 Å². The number of likely N-dealkylation sites (N-methyl/N-ethyl adjacent to an activating group) is 1. The lowest BCUT2D eigenvalue weighted by Crippen LogP contribution is -2.55. The van der Waals surface area contributed by atoms with Gasteiger partial charge >= 0.3 is 12.1 Å². The maximum Gasteiger partial charge on any atom is 0.407 e. The Balaban J connectivity index is 1.66. The number of aliphatic hydroxyl groups is 1. The number of amides is 2. The lowest BCUT2D eigenvalue weighted by molar-refractivity contribution is -0.142. The monoisotopic (exact) mass is 455 g/mol. The molecule has 3 rings (SSSR count). The molecule has 0 spiro atoms. The van der Waals surface area contributed by atoms with Crippen molar-refractivity contribution < 1.29 is 29.3 Å². The molecule has 1 unspecified atom stereocenters. The molecule has 1 aliphatic carbocycles. The second-order valence-electron chi connectivity index (χ2n) is 8.20. The van der Waals surface area contributed by atoms with Crippen molar-refractivity contribution in [1.29, 1.82) is 0 Å². The molecule has 2 amide bonds. The molecule has 2 aromatic carbocycles. The van der Waals surface area contributed by atoms with E-state index in [9.17, 15) is 19.5 Å². The minimum atomic E-state index is -1.26. The van der Waals surface area contributed by atoms with Crippen LogP contribution >= 0.6 is 0 Å². The first-order chi connectivity index (χ1) is 15.8. The minimum Gasteiger partial charge on any atom is -0.480 e. The normalized spacial score (nSPS) is 14.2. The Hall–Kier alpha value is -3.43. The van der Waals surface area contributed by atoms with Gasteiger partial charge in [0.25, 0.3) is 0 Å². The molecule has 0 bridgehead atoms. The Bertz CT molecular complexity index is 964. The number of hydrogen-bond donors (Lipinski definition) is 4. The van der Waals surface area contributed by atoms with Gasteiger partial charge in [-0.15, -0.1) is 0 Å². The van der Waals surface area contributed by atoms with Gasteiger partial charge in [0, 0.05) is 25.5 Å². The summed E-state index contributed by atoms with van der Waals surface area (Å²) in [6.45, 7) is -0.157. The van der Waals surface area contributed by atoms with Crippen LogP contribution in [0.3, 0.4) is 0 Å². The number of fused-ring (bicyclic) bond motifs is 3. The summed E-state index contributed by atoms with van der Waals surface area (Å²) >= 11 is 0. The molecule has 0 radical (unpaired) electrons. The van der Waals surface area contributed by atoms with Gasteiger partial charge in [-0.1, -0.05) is 48.5 Å². The van der Waals surface area contributed by atoms with Gasteiger partial charge in [0.1, 0.15) is 18.7 Å². The predicted octanol–water partition coefficient (Wildman–Crippen LogP) is 1.41. The topological polar surface area (TPSA) is 128 Å². The molecule has 176 valence electrons. The molecular formula is C24H29N3O6. The largest absolute Gasteiger partial charge is 0.480 e. The molecule has 0 heterocycles. The van der Waals surface area contributed by atoms with E-state index in [1.165, 1.54) is 0 Å². The average molecular weight is 456 g/mol. The average Bonchev–Trinajstić information content (AvgIpc) is 3.10. The number of aliphatic carboxylic acids is 1. The van der Waals surface area contributed by atoms with Crippen LogP contribution in [0.2, 0.25) is 0 Å². The van der Waals surface area contributed by atoms with E-state index in [-0.39, 0.29) is 25.5 Å². The number of nitrogens with zero attached hydrogens (tertiary/aromatic N) is 1. The molecule has 4 N–H and O–H groups in total. The number of carboxylic acids is 1. The van der Waals surface area contributed by atoms with Gasteiger partial charge in [0.05, 0.1) is 0 Å². The van der Waals surface area contributed by atoms with E-state index in [1.54, 1.807) is 19.0 Å². The van der Waals surface area contributed by atoms with Crippen LogP contribution in [0.5, 0.6) is 0 Å². The molecule has 0 fully saturated rings. The first-order valence-corrected chi connectivity index (χ1v) is 10.7. The van der Waals surface area contributed by atoms with E-state index in [0.717, 1.165) is 22.3 Å². The second-order valence-corrected chi connectivity index (χ2v) is 8.20. The van der Waals surface area contributed by atoms with Crippen molar-refractivity contribution in [2.45, 2.75) is 24.4 Å².